The average molecular weight is 348 g/mol. The van der Waals surface area contributed by atoms with Crippen LogP contribution in [0, 0.1) is 13.8 Å². The Morgan fingerprint density at radius 3 is 2.46 bits per heavy atom. The molecule has 0 saturated carbocycles. The minimum absolute atomic E-state index is 0.0104. The molecule has 3 aromatic rings. The molecule has 0 amide bonds. The highest BCUT2D eigenvalue weighted by atomic mass is 16.2. The number of aryl methyl sites for hydroxylation is 1. The van der Waals surface area contributed by atoms with Gasteiger partial charge in [-0.05, 0) is 52.0 Å². The predicted molar refractivity (Wildman–Crippen MR) is 102 cm³/mol. The molecule has 5 heteroatoms. The number of carbonyl (C=O) groups is 1. The molecule has 1 aromatic carbocycles. The summed E-state index contributed by atoms with van der Waals surface area (Å²) in [6.45, 7) is 7.95. The maximum absolute atomic E-state index is 12.9. The van der Waals surface area contributed by atoms with Crippen molar-refractivity contribution in [3.05, 3.63) is 77.2 Å². The topological polar surface area (TPSA) is 52.2 Å². The summed E-state index contributed by atoms with van der Waals surface area (Å²) in [5.41, 5.74) is 4.50. The summed E-state index contributed by atoms with van der Waals surface area (Å²) in [5.74, 6) is -0.0104. The first kappa shape index (κ1) is 17.9. The van der Waals surface area contributed by atoms with Gasteiger partial charge in [0.25, 0.3) is 0 Å². The second-order valence-corrected chi connectivity index (χ2v) is 6.62. The summed E-state index contributed by atoms with van der Waals surface area (Å²) < 4.78 is 3.52. The van der Waals surface area contributed by atoms with E-state index in [4.69, 9.17) is 0 Å². The van der Waals surface area contributed by atoms with E-state index in [0.29, 0.717) is 11.9 Å². The smallest absolute Gasteiger partial charge is 0.236 e. The summed E-state index contributed by atoms with van der Waals surface area (Å²) in [4.78, 5) is 17.5. The van der Waals surface area contributed by atoms with E-state index in [9.17, 15) is 4.79 Å². The summed E-state index contributed by atoms with van der Waals surface area (Å²) in [6.07, 6.45) is 2.07. The largest absolute Gasteiger partial charge is 0.274 e. The number of aromatic nitrogens is 3. The first-order valence-electron chi connectivity index (χ1n) is 8.82. The van der Waals surface area contributed by atoms with Crippen LogP contribution in [0.5, 0.6) is 0 Å². The number of para-hydroxylation sites is 1. The van der Waals surface area contributed by atoms with E-state index >= 15 is 0 Å². The van der Waals surface area contributed by atoms with E-state index in [-0.39, 0.29) is 11.9 Å². The van der Waals surface area contributed by atoms with Crippen LogP contribution >= 0.6 is 0 Å². The number of nitrogens with zero attached hydrogens (tertiary/aromatic N) is 4. The van der Waals surface area contributed by atoms with Crippen molar-refractivity contribution in [2.45, 2.75) is 40.2 Å². The Hall–Kier alpha value is -2.95. The second kappa shape index (κ2) is 7.52. The van der Waals surface area contributed by atoms with Crippen molar-refractivity contribution in [2.75, 3.05) is 0 Å². The van der Waals surface area contributed by atoms with Crippen LogP contribution in [0.4, 0.5) is 0 Å². The normalized spacial score (nSPS) is 12.0. The van der Waals surface area contributed by atoms with Crippen molar-refractivity contribution in [2.24, 2.45) is 4.99 Å². The van der Waals surface area contributed by atoms with E-state index in [1.54, 1.807) is 10.8 Å². The molecule has 0 bridgehead atoms. The first-order chi connectivity index (χ1) is 12.5. The van der Waals surface area contributed by atoms with Gasteiger partial charge in [0, 0.05) is 23.5 Å². The van der Waals surface area contributed by atoms with Crippen LogP contribution in [0.25, 0.3) is 5.69 Å². The van der Waals surface area contributed by atoms with Gasteiger partial charge in [0.1, 0.15) is 5.49 Å². The van der Waals surface area contributed by atoms with Gasteiger partial charge < -0.3 is 0 Å². The molecule has 134 valence electrons. The summed E-state index contributed by atoms with van der Waals surface area (Å²) >= 11 is 0. The molecule has 0 aliphatic heterocycles. The van der Waals surface area contributed by atoms with E-state index in [0.717, 1.165) is 22.6 Å². The molecule has 2 aromatic heterocycles. The minimum Gasteiger partial charge on any atom is -0.274 e. The second-order valence-electron chi connectivity index (χ2n) is 6.62. The summed E-state index contributed by atoms with van der Waals surface area (Å²) in [5, 5.41) is 4.63. The zero-order valence-electron chi connectivity index (χ0n) is 15.7. The highest BCUT2D eigenvalue weighted by molar-refractivity contribution is 5.81. The molecule has 3 rings (SSSR count). The fourth-order valence-corrected chi connectivity index (χ4v) is 3.00. The van der Waals surface area contributed by atoms with Gasteiger partial charge in [-0.15, -0.1) is 0 Å². The lowest BCUT2D eigenvalue weighted by Gasteiger charge is -2.08. The Morgan fingerprint density at radius 2 is 1.77 bits per heavy atom. The number of rotatable bonds is 4. The van der Waals surface area contributed by atoms with Gasteiger partial charge in [0.05, 0.1) is 17.8 Å². The van der Waals surface area contributed by atoms with Gasteiger partial charge in [-0.1, -0.05) is 24.3 Å². The van der Waals surface area contributed by atoms with E-state index < -0.39 is 0 Å². The van der Waals surface area contributed by atoms with Crippen molar-refractivity contribution in [3.8, 4) is 5.69 Å². The van der Waals surface area contributed by atoms with E-state index in [2.05, 4.69) is 10.1 Å². The Balaban J connectivity index is 1.96. The lowest BCUT2D eigenvalue weighted by Crippen LogP contribution is -2.29. The van der Waals surface area contributed by atoms with Gasteiger partial charge in [0.15, 0.2) is 0 Å². The van der Waals surface area contributed by atoms with Crippen molar-refractivity contribution >= 4 is 5.91 Å². The van der Waals surface area contributed by atoms with Crippen LogP contribution in [-0.2, 0) is 6.42 Å². The molecule has 0 spiro atoms. The molecular formula is C21H24N4O. The van der Waals surface area contributed by atoms with Crippen LogP contribution in [0.15, 0.2) is 59.7 Å². The maximum Gasteiger partial charge on any atom is 0.236 e. The molecule has 0 atom stereocenters. The first-order valence-corrected chi connectivity index (χ1v) is 8.82. The SMILES string of the molecule is Cc1nn(-c2ccccc2)c(C)c1CC(=O)n1ccccc1=NC(C)C. The van der Waals surface area contributed by atoms with E-state index in [1.807, 2.05) is 80.9 Å². The van der Waals surface area contributed by atoms with Crippen LogP contribution in [0.2, 0.25) is 0 Å². The maximum atomic E-state index is 12.9. The number of pyridine rings is 1. The third-order valence-electron chi connectivity index (χ3n) is 4.27. The Morgan fingerprint density at radius 1 is 1.08 bits per heavy atom. The number of hydrogen-bond donors (Lipinski definition) is 0. The van der Waals surface area contributed by atoms with Crippen molar-refractivity contribution < 1.29 is 4.79 Å². The highest BCUT2D eigenvalue weighted by Gasteiger charge is 2.17. The number of benzene rings is 1. The summed E-state index contributed by atoms with van der Waals surface area (Å²) in [6, 6.07) is 15.7. The fraction of sp³-hybridized carbons (Fsp3) is 0.286. The van der Waals surface area contributed by atoms with Gasteiger partial charge in [-0.2, -0.15) is 5.10 Å². The molecule has 0 radical (unpaired) electrons. The van der Waals surface area contributed by atoms with E-state index in [1.165, 1.54) is 0 Å². The molecular weight excluding hydrogens is 324 g/mol. The molecule has 2 heterocycles. The van der Waals surface area contributed by atoms with Crippen molar-refractivity contribution in [3.63, 3.8) is 0 Å². The minimum atomic E-state index is -0.0104. The van der Waals surface area contributed by atoms with Crippen molar-refractivity contribution in [1.29, 1.82) is 0 Å². The zero-order valence-corrected chi connectivity index (χ0v) is 15.7. The molecule has 0 N–H and O–H groups in total. The molecule has 0 fully saturated rings. The Labute approximate surface area is 153 Å². The molecule has 0 unspecified atom stereocenters. The number of carbonyl (C=O) groups excluding carboxylic acids is 1. The molecule has 0 aliphatic rings. The van der Waals surface area contributed by atoms with Gasteiger partial charge in [-0.3, -0.25) is 14.4 Å². The lowest BCUT2D eigenvalue weighted by molar-refractivity contribution is 0.0908. The van der Waals surface area contributed by atoms with Crippen LogP contribution in [0.3, 0.4) is 0 Å². The average Bonchev–Trinajstić information content (AvgIpc) is 2.90. The van der Waals surface area contributed by atoms with Crippen LogP contribution in [-0.4, -0.2) is 26.3 Å². The molecule has 0 saturated heterocycles. The highest BCUT2D eigenvalue weighted by Crippen LogP contribution is 2.18. The molecule has 5 nitrogen and oxygen atoms in total. The van der Waals surface area contributed by atoms with Gasteiger partial charge in [-0.25, -0.2) is 4.68 Å². The number of hydrogen-bond acceptors (Lipinski definition) is 3. The standard InChI is InChI=1S/C21H24N4O/c1-15(2)22-20-12-8-9-13-24(20)21(26)14-19-16(3)23-25(17(19)4)18-10-6-5-7-11-18/h5-13,15H,14H2,1-4H3. The Bertz CT molecular complexity index is 981. The predicted octanol–water partition coefficient (Wildman–Crippen LogP) is 3.48. The third-order valence-corrected chi connectivity index (χ3v) is 4.27. The van der Waals surface area contributed by atoms with Crippen LogP contribution in [0.1, 0.15) is 35.6 Å². The van der Waals surface area contributed by atoms with Gasteiger partial charge in [0.2, 0.25) is 5.91 Å². The van der Waals surface area contributed by atoms with Gasteiger partial charge >= 0.3 is 0 Å². The fourth-order valence-electron chi connectivity index (χ4n) is 3.00. The van der Waals surface area contributed by atoms with Crippen molar-refractivity contribution in [1.82, 2.24) is 14.3 Å². The molecule has 26 heavy (non-hydrogen) atoms. The molecule has 0 aliphatic carbocycles. The zero-order chi connectivity index (χ0) is 18.7. The Kier molecular flexibility index (Phi) is 5.16. The quantitative estimate of drug-likeness (QED) is 0.725. The summed E-state index contributed by atoms with van der Waals surface area (Å²) in [7, 11) is 0. The lowest BCUT2D eigenvalue weighted by atomic mass is 10.1. The third kappa shape index (κ3) is 3.67. The van der Waals surface area contributed by atoms with Crippen LogP contribution < -0.4 is 5.49 Å². The monoisotopic (exact) mass is 348 g/mol.